The van der Waals surface area contributed by atoms with E-state index in [0.717, 1.165) is 21.5 Å². The minimum Gasteiger partial charge on any atom is -0.490 e. The Morgan fingerprint density at radius 1 is 1.28 bits per heavy atom. The summed E-state index contributed by atoms with van der Waals surface area (Å²) in [4.78, 5) is 23.9. The largest absolute Gasteiger partial charge is 0.490 e. The molecule has 2 aromatic carbocycles. The number of anilines is 1. The molecule has 2 aromatic heterocycles. The molecule has 36 heavy (non-hydrogen) atoms. The molecule has 184 valence electrons. The first-order valence-corrected chi connectivity index (χ1v) is 11.2. The standard InChI is InChI=1S/C24H24N8O4/c1-2-35-18-11-15(10-16-12-34-13-36-20(16)18)19(29-17-6-4-14(5-7-17)21(25)26)22-30-24(33)32(31-22)23-27-8-3-9-28-23/h3-11,19,29H,2,12-13H2,1H3,(H3,25,26)(H,30,31,33). The Labute approximate surface area is 205 Å². The third-order valence-electron chi connectivity index (χ3n) is 5.49. The molecule has 12 heteroatoms. The molecule has 0 bridgehead atoms. The molecule has 1 atom stereocenters. The van der Waals surface area contributed by atoms with E-state index in [4.69, 9.17) is 25.4 Å². The zero-order valence-electron chi connectivity index (χ0n) is 19.4. The Balaban J connectivity index is 1.61. The highest BCUT2D eigenvalue weighted by atomic mass is 16.7. The Bertz CT molecular complexity index is 1430. The monoisotopic (exact) mass is 488 g/mol. The summed E-state index contributed by atoms with van der Waals surface area (Å²) in [5.74, 6) is 1.66. The van der Waals surface area contributed by atoms with Crippen molar-refractivity contribution in [2.45, 2.75) is 19.6 Å². The Morgan fingerprint density at radius 2 is 2.06 bits per heavy atom. The summed E-state index contributed by atoms with van der Waals surface area (Å²) >= 11 is 0. The van der Waals surface area contributed by atoms with Gasteiger partial charge in [-0.1, -0.05) is 0 Å². The molecule has 1 aliphatic rings. The van der Waals surface area contributed by atoms with Crippen molar-refractivity contribution < 1.29 is 14.2 Å². The fourth-order valence-corrected chi connectivity index (χ4v) is 3.87. The minimum absolute atomic E-state index is 0.0277. The molecule has 5 rings (SSSR count). The number of rotatable bonds is 8. The highest BCUT2D eigenvalue weighted by Gasteiger charge is 2.25. The van der Waals surface area contributed by atoms with E-state index in [9.17, 15) is 4.79 Å². The van der Waals surface area contributed by atoms with E-state index in [2.05, 4.69) is 25.4 Å². The smallest absolute Gasteiger partial charge is 0.350 e. The lowest BCUT2D eigenvalue weighted by molar-refractivity contribution is -0.0183. The highest BCUT2D eigenvalue weighted by molar-refractivity contribution is 5.95. The summed E-state index contributed by atoms with van der Waals surface area (Å²) < 4.78 is 18.1. The summed E-state index contributed by atoms with van der Waals surface area (Å²) in [6, 6.07) is 11.9. The van der Waals surface area contributed by atoms with Gasteiger partial charge in [-0.05, 0) is 55.0 Å². The molecule has 4 aromatic rings. The van der Waals surface area contributed by atoms with Crippen molar-refractivity contribution in [1.82, 2.24) is 24.7 Å². The maximum absolute atomic E-state index is 12.8. The molecule has 3 heterocycles. The minimum atomic E-state index is -0.600. The van der Waals surface area contributed by atoms with Crippen molar-refractivity contribution in [2.75, 3.05) is 18.7 Å². The zero-order valence-corrected chi connectivity index (χ0v) is 19.4. The molecule has 5 N–H and O–H groups in total. The fourth-order valence-electron chi connectivity index (χ4n) is 3.87. The van der Waals surface area contributed by atoms with Gasteiger partial charge in [-0.25, -0.2) is 14.8 Å². The normalized spacial score (nSPS) is 13.4. The summed E-state index contributed by atoms with van der Waals surface area (Å²) in [7, 11) is 0. The first-order valence-electron chi connectivity index (χ1n) is 11.2. The lowest BCUT2D eigenvalue weighted by Gasteiger charge is -2.24. The molecule has 1 aliphatic heterocycles. The van der Waals surface area contributed by atoms with Crippen LogP contribution in [0.25, 0.3) is 5.95 Å². The van der Waals surface area contributed by atoms with Gasteiger partial charge < -0.3 is 25.3 Å². The maximum Gasteiger partial charge on any atom is 0.350 e. The van der Waals surface area contributed by atoms with Gasteiger partial charge in [0.05, 0.1) is 13.2 Å². The van der Waals surface area contributed by atoms with Crippen LogP contribution in [0.5, 0.6) is 11.5 Å². The summed E-state index contributed by atoms with van der Waals surface area (Å²) in [6.07, 6.45) is 3.07. The topological polar surface area (TPSA) is 166 Å². The van der Waals surface area contributed by atoms with E-state index in [1.165, 1.54) is 12.4 Å². The average molecular weight is 489 g/mol. The average Bonchev–Trinajstić information content (AvgIpc) is 3.29. The van der Waals surface area contributed by atoms with Gasteiger partial charge in [-0.2, -0.15) is 0 Å². The van der Waals surface area contributed by atoms with Crippen molar-refractivity contribution in [2.24, 2.45) is 5.73 Å². The van der Waals surface area contributed by atoms with Crippen molar-refractivity contribution in [3.63, 3.8) is 0 Å². The first-order chi connectivity index (χ1) is 17.5. The van der Waals surface area contributed by atoms with Crippen molar-refractivity contribution in [3.05, 3.63) is 87.9 Å². The molecule has 12 nitrogen and oxygen atoms in total. The van der Waals surface area contributed by atoms with Gasteiger partial charge in [-0.3, -0.25) is 10.4 Å². The van der Waals surface area contributed by atoms with Crippen LogP contribution in [0.1, 0.15) is 35.5 Å². The molecule has 0 saturated heterocycles. The number of nitrogens with zero attached hydrogens (tertiary/aromatic N) is 4. The van der Waals surface area contributed by atoms with Gasteiger partial charge in [0.15, 0.2) is 24.1 Å². The number of aromatic amines is 1. The molecule has 0 amide bonds. The summed E-state index contributed by atoms with van der Waals surface area (Å²) in [6.45, 7) is 2.84. The van der Waals surface area contributed by atoms with Crippen LogP contribution >= 0.6 is 0 Å². The fraction of sp³-hybridized carbons (Fsp3) is 0.208. The van der Waals surface area contributed by atoms with Gasteiger partial charge in [-0.15, -0.1) is 9.78 Å². The number of hydrogen-bond acceptors (Lipinski definition) is 9. The molecule has 0 spiro atoms. The SMILES string of the molecule is CCOc1cc(C(Nc2ccc(C(=N)N)cc2)c2nn(-c3ncccn3)c(=O)[nH]2)cc2c1OCOC2. The van der Waals surface area contributed by atoms with Gasteiger partial charge in [0, 0.05) is 29.2 Å². The van der Waals surface area contributed by atoms with Crippen LogP contribution in [-0.2, 0) is 11.3 Å². The molecule has 0 radical (unpaired) electrons. The number of benzene rings is 2. The highest BCUT2D eigenvalue weighted by Crippen LogP contribution is 2.39. The van der Waals surface area contributed by atoms with Crippen molar-refractivity contribution in [3.8, 4) is 17.4 Å². The predicted octanol–water partition coefficient (Wildman–Crippen LogP) is 2.10. The Kier molecular flexibility index (Phi) is 6.33. The van der Waals surface area contributed by atoms with E-state index < -0.39 is 11.7 Å². The van der Waals surface area contributed by atoms with Crippen LogP contribution in [0.4, 0.5) is 5.69 Å². The first kappa shape index (κ1) is 23.1. The lowest BCUT2D eigenvalue weighted by Crippen LogP contribution is -2.18. The Morgan fingerprint density at radius 3 is 2.78 bits per heavy atom. The molecular weight excluding hydrogens is 464 g/mol. The number of hydrogen-bond donors (Lipinski definition) is 4. The summed E-state index contributed by atoms with van der Waals surface area (Å²) in [5.41, 5.74) is 8.00. The van der Waals surface area contributed by atoms with Gasteiger partial charge >= 0.3 is 5.69 Å². The van der Waals surface area contributed by atoms with Crippen LogP contribution < -0.4 is 26.2 Å². The summed E-state index contributed by atoms with van der Waals surface area (Å²) in [5, 5.41) is 15.5. The Hall–Kier alpha value is -4.71. The lowest BCUT2D eigenvalue weighted by atomic mass is 10.0. The number of amidine groups is 1. The second-order valence-electron chi connectivity index (χ2n) is 7.90. The van der Waals surface area contributed by atoms with Gasteiger partial charge in [0.1, 0.15) is 11.9 Å². The van der Waals surface area contributed by atoms with Gasteiger partial charge in [0.25, 0.3) is 5.95 Å². The molecule has 1 unspecified atom stereocenters. The number of nitrogen functional groups attached to an aromatic ring is 1. The second kappa shape index (κ2) is 9.88. The van der Waals surface area contributed by atoms with Crippen LogP contribution in [0.15, 0.2) is 59.7 Å². The number of ether oxygens (including phenoxy) is 3. The number of H-pyrrole nitrogens is 1. The number of fused-ring (bicyclic) bond motifs is 1. The van der Waals surface area contributed by atoms with Crippen LogP contribution in [0.2, 0.25) is 0 Å². The van der Waals surface area contributed by atoms with E-state index in [1.54, 1.807) is 30.3 Å². The third kappa shape index (κ3) is 4.61. The third-order valence-corrected chi connectivity index (χ3v) is 5.49. The van der Waals surface area contributed by atoms with Crippen LogP contribution in [-0.4, -0.2) is 44.0 Å². The number of aromatic nitrogens is 5. The molecule has 0 fully saturated rings. The predicted molar refractivity (Wildman–Crippen MR) is 131 cm³/mol. The van der Waals surface area contributed by atoms with Crippen molar-refractivity contribution >= 4 is 11.5 Å². The van der Waals surface area contributed by atoms with E-state index in [-0.39, 0.29) is 18.6 Å². The molecular formula is C24H24N8O4. The maximum atomic E-state index is 12.8. The molecule has 0 aliphatic carbocycles. The van der Waals surface area contributed by atoms with Gasteiger partial charge in [0.2, 0.25) is 0 Å². The van der Waals surface area contributed by atoms with Crippen LogP contribution in [0, 0.1) is 5.41 Å². The second-order valence-corrected chi connectivity index (χ2v) is 7.90. The van der Waals surface area contributed by atoms with Crippen LogP contribution in [0.3, 0.4) is 0 Å². The number of nitrogens with one attached hydrogen (secondary N) is 3. The van der Waals surface area contributed by atoms with E-state index in [1.807, 2.05) is 19.1 Å². The van der Waals surface area contributed by atoms with E-state index >= 15 is 0 Å². The molecule has 0 saturated carbocycles. The zero-order chi connectivity index (χ0) is 25.1. The van der Waals surface area contributed by atoms with E-state index in [0.29, 0.717) is 36.1 Å². The quantitative estimate of drug-likeness (QED) is 0.214. The van der Waals surface area contributed by atoms with Crippen molar-refractivity contribution in [1.29, 1.82) is 5.41 Å². The number of nitrogens with two attached hydrogens (primary N) is 1.